The lowest BCUT2D eigenvalue weighted by Gasteiger charge is -2.13. The average molecular weight is 588 g/mol. The number of H-pyrrole nitrogens is 2. The van der Waals surface area contributed by atoms with E-state index in [0.29, 0.717) is 19.6 Å². The van der Waals surface area contributed by atoms with Gasteiger partial charge in [-0.3, -0.25) is 10.1 Å². The van der Waals surface area contributed by atoms with Gasteiger partial charge in [0.25, 0.3) is 0 Å². The topological polar surface area (TPSA) is 113 Å². The quantitative estimate of drug-likeness (QED) is 0.173. The summed E-state index contributed by atoms with van der Waals surface area (Å²) in [5.41, 5.74) is 6.04. The number of ether oxygens (including phenoxy) is 1. The zero-order valence-corrected chi connectivity index (χ0v) is 25.0. The van der Waals surface area contributed by atoms with E-state index in [4.69, 9.17) is 4.74 Å². The molecule has 3 aromatic carbocycles. The number of para-hydroxylation sites is 2. The van der Waals surface area contributed by atoms with E-state index in [-0.39, 0.29) is 11.9 Å². The number of aromatic amines is 2. The van der Waals surface area contributed by atoms with Crippen LogP contribution in [0.5, 0.6) is 5.75 Å². The second-order valence-corrected chi connectivity index (χ2v) is 10.9. The van der Waals surface area contributed by atoms with Crippen LogP contribution >= 0.6 is 0 Å². The number of aromatic nitrogens is 5. The average Bonchev–Trinajstić information content (AvgIpc) is 3.88. The van der Waals surface area contributed by atoms with Gasteiger partial charge in [0.1, 0.15) is 17.6 Å². The van der Waals surface area contributed by atoms with Crippen LogP contribution in [-0.2, 0) is 30.7 Å². The number of hydrogen-bond acceptors (Lipinski definition) is 5. The molecule has 1 atom stereocenters. The summed E-state index contributed by atoms with van der Waals surface area (Å²) in [5.74, 6) is 2.38. The van der Waals surface area contributed by atoms with E-state index in [9.17, 15) is 4.79 Å². The standard InChI is InChI=1S/C26H28N6O2.C9H9N/c1-34-20-11-8-18(9-12-20)17-32-24(13-10-19-15-28-22-6-3-2-5-21(19)22)30-31-25(32)16-29-26(33)23-7-4-14-27-23;1-7-6-10-9-5-3-2-4-8(7)9/h2-9,11-12,15,23,27-28H,10,13-14,16-17H2,1H3,(H,29,33);2-6,10H,1H3. The molecule has 4 N–H and O–H groups in total. The Morgan fingerprint density at radius 2 is 1.61 bits per heavy atom. The molecular formula is C35H37N7O2. The molecule has 0 aliphatic carbocycles. The van der Waals surface area contributed by atoms with Gasteiger partial charge >= 0.3 is 0 Å². The van der Waals surface area contributed by atoms with Crippen LogP contribution in [0.3, 0.4) is 0 Å². The predicted molar refractivity (Wildman–Crippen MR) is 174 cm³/mol. The third-order valence-corrected chi connectivity index (χ3v) is 7.98. The fourth-order valence-corrected chi connectivity index (χ4v) is 5.51. The van der Waals surface area contributed by atoms with Crippen molar-refractivity contribution in [1.29, 1.82) is 0 Å². The van der Waals surface area contributed by atoms with Gasteiger partial charge in [-0.05, 0) is 54.3 Å². The number of hydrogen-bond donors (Lipinski definition) is 4. The largest absolute Gasteiger partial charge is 0.497 e. The van der Waals surface area contributed by atoms with Crippen molar-refractivity contribution in [3.05, 3.63) is 126 Å². The molecule has 6 aromatic rings. The molecule has 0 fully saturated rings. The SMILES string of the molecule is COc1ccc(Cn2c(CCc3c[nH]c4ccccc34)nnc2CNC(=O)C2C=CCN2)cc1.Cc1c[nH]c2ccccc12. The molecule has 9 nitrogen and oxygen atoms in total. The third-order valence-electron chi connectivity index (χ3n) is 7.98. The summed E-state index contributed by atoms with van der Waals surface area (Å²) in [4.78, 5) is 19.0. The molecule has 44 heavy (non-hydrogen) atoms. The Labute approximate surface area is 256 Å². The van der Waals surface area contributed by atoms with Crippen LogP contribution < -0.4 is 15.4 Å². The molecule has 3 aromatic heterocycles. The zero-order chi connectivity index (χ0) is 30.3. The first-order valence-electron chi connectivity index (χ1n) is 14.9. The highest BCUT2D eigenvalue weighted by molar-refractivity contribution is 5.84. The van der Waals surface area contributed by atoms with Gasteiger partial charge in [0.15, 0.2) is 5.82 Å². The molecule has 0 radical (unpaired) electrons. The molecule has 1 aliphatic rings. The van der Waals surface area contributed by atoms with E-state index in [1.54, 1.807) is 7.11 Å². The summed E-state index contributed by atoms with van der Waals surface area (Å²) in [5, 5.41) is 17.6. The number of nitrogens with one attached hydrogen (secondary N) is 4. The number of carbonyl (C=O) groups is 1. The van der Waals surface area contributed by atoms with E-state index < -0.39 is 0 Å². The van der Waals surface area contributed by atoms with Gasteiger partial charge in [0, 0.05) is 47.2 Å². The van der Waals surface area contributed by atoms with Crippen LogP contribution in [0.1, 0.15) is 28.3 Å². The van der Waals surface area contributed by atoms with Crippen LogP contribution in [0.25, 0.3) is 21.8 Å². The Morgan fingerprint density at radius 3 is 2.34 bits per heavy atom. The van der Waals surface area contributed by atoms with Crippen molar-refractivity contribution in [1.82, 2.24) is 35.4 Å². The number of rotatable bonds is 9. The highest BCUT2D eigenvalue weighted by atomic mass is 16.5. The van der Waals surface area contributed by atoms with Crippen molar-refractivity contribution in [3.8, 4) is 5.75 Å². The van der Waals surface area contributed by atoms with Crippen molar-refractivity contribution >= 4 is 27.7 Å². The van der Waals surface area contributed by atoms with Gasteiger partial charge in [-0.1, -0.05) is 60.7 Å². The first kappa shape index (κ1) is 28.9. The third kappa shape index (κ3) is 6.58. The van der Waals surface area contributed by atoms with E-state index in [1.165, 1.54) is 27.4 Å². The normalized spacial score (nSPS) is 14.1. The van der Waals surface area contributed by atoms with Crippen molar-refractivity contribution in [2.75, 3.05) is 13.7 Å². The fourth-order valence-electron chi connectivity index (χ4n) is 5.51. The summed E-state index contributed by atoms with van der Waals surface area (Å²) in [6.45, 7) is 3.76. The van der Waals surface area contributed by atoms with Crippen molar-refractivity contribution < 1.29 is 9.53 Å². The smallest absolute Gasteiger partial charge is 0.241 e. The molecule has 0 bridgehead atoms. The molecule has 0 spiro atoms. The van der Waals surface area contributed by atoms with E-state index in [2.05, 4.69) is 84.9 Å². The summed E-state index contributed by atoms with van der Waals surface area (Å²) in [6.07, 6.45) is 9.52. The summed E-state index contributed by atoms with van der Waals surface area (Å²) in [6, 6.07) is 24.3. The molecule has 1 unspecified atom stereocenters. The molecule has 0 saturated heterocycles. The van der Waals surface area contributed by atoms with E-state index in [0.717, 1.165) is 41.3 Å². The Morgan fingerprint density at radius 1 is 0.909 bits per heavy atom. The maximum atomic E-state index is 12.5. The molecular weight excluding hydrogens is 550 g/mol. The number of amides is 1. The molecule has 224 valence electrons. The monoisotopic (exact) mass is 587 g/mol. The van der Waals surface area contributed by atoms with Gasteiger partial charge in [-0.2, -0.15) is 0 Å². The number of nitrogens with zero attached hydrogens (tertiary/aromatic N) is 3. The van der Waals surface area contributed by atoms with Gasteiger partial charge in [0.2, 0.25) is 5.91 Å². The minimum atomic E-state index is -0.292. The van der Waals surface area contributed by atoms with E-state index in [1.807, 2.05) is 54.7 Å². The van der Waals surface area contributed by atoms with Gasteiger partial charge in [-0.15, -0.1) is 10.2 Å². The summed E-state index contributed by atoms with van der Waals surface area (Å²) < 4.78 is 7.39. The van der Waals surface area contributed by atoms with Crippen LogP contribution in [0.15, 0.2) is 97.3 Å². The number of methoxy groups -OCH3 is 1. The molecule has 1 aliphatic heterocycles. The molecule has 4 heterocycles. The van der Waals surface area contributed by atoms with Crippen molar-refractivity contribution in [2.45, 2.75) is 38.9 Å². The Kier molecular flexibility index (Phi) is 8.84. The first-order chi connectivity index (χ1) is 21.6. The number of aryl methyl sites for hydroxylation is 3. The Bertz CT molecular complexity index is 1880. The first-order valence-corrected chi connectivity index (χ1v) is 14.9. The Hall–Kier alpha value is -5.15. The lowest BCUT2D eigenvalue weighted by molar-refractivity contribution is -0.122. The lowest BCUT2D eigenvalue weighted by atomic mass is 10.1. The molecule has 9 heteroatoms. The van der Waals surface area contributed by atoms with Gasteiger partial charge in [0.05, 0.1) is 20.2 Å². The lowest BCUT2D eigenvalue weighted by Crippen LogP contribution is -2.40. The second kappa shape index (κ2) is 13.4. The van der Waals surface area contributed by atoms with Crippen LogP contribution in [0.2, 0.25) is 0 Å². The maximum Gasteiger partial charge on any atom is 0.241 e. The van der Waals surface area contributed by atoms with Crippen LogP contribution in [0.4, 0.5) is 0 Å². The summed E-state index contributed by atoms with van der Waals surface area (Å²) >= 11 is 0. The highest BCUT2D eigenvalue weighted by Crippen LogP contribution is 2.20. The summed E-state index contributed by atoms with van der Waals surface area (Å²) in [7, 11) is 1.66. The van der Waals surface area contributed by atoms with Crippen molar-refractivity contribution in [3.63, 3.8) is 0 Å². The minimum Gasteiger partial charge on any atom is -0.497 e. The fraction of sp³-hybridized carbons (Fsp3) is 0.229. The number of benzene rings is 3. The minimum absolute atomic E-state index is 0.0620. The van der Waals surface area contributed by atoms with Crippen molar-refractivity contribution in [2.24, 2.45) is 0 Å². The van der Waals surface area contributed by atoms with E-state index >= 15 is 0 Å². The Balaban J connectivity index is 0.000000289. The van der Waals surface area contributed by atoms with Crippen LogP contribution in [-0.4, -0.2) is 50.3 Å². The highest BCUT2D eigenvalue weighted by Gasteiger charge is 2.19. The number of carbonyl (C=O) groups excluding carboxylic acids is 1. The molecule has 7 rings (SSSR count). The van der Waals surface area contributed by atoms with Gasteiger partial charge < -0.3 is 24.6 Å². The molecule has 1 amide bonds. The van der Waals surface area contributed by atoms with Gasteiger partial charge in [-0.25, -0.2) is 0 Å². The maximum absolute atomic E-state index is 12.5. The van der Waals surface area contributed by atoms with Crippen LogP contribution in [0, 0.1) is 6.92 Å². The zero-order valence-electron chi connectivity index (χ0n) is 25.0. The number of fused-ring (bicyclic) bond motifs is 2. The second-order valence-electron chi connectivity index (χ2n) is 10.9. The molecule has 0 saturated carbocycles. The predicted octanol–water partition coefficient (Wildman–Crippen LogP) is 5.22.